The second kappa shape index (κ2) is 8.90. The first-order valence-corrected chi connectivity index (χ1v) is 10.2. The number of hydrogen-bond acceptors (Lipinski definition) is 4. The lowest BCUT2D eigenvalue weighted by molar-refractivity contribution is -0.132. The van der Waals surface area contributed by atoms with Crippen LogP contribution in [0.5, 0.6) is 0 Å². The Morgan fingerprint density at radius 1 is 0.967 bits per heavy atom. The molecule has 7 heteroatoms. The molecular weight excluding hydrogens is 380 g/mol. The third-order valence-corrected chi connectivity index (χ3v) is 5.28. The van der Waals surface area contributed by atoms with E-state index in [9.17, 15) is 14.4 Å². The van der Waals surface area contributed by atoms with Crippen LogP contribution in [0, 0.1) is 0 Å². The van der Waals surface area contributed by atoms with E-state index in [4.69, 9.17) is 0 Å². The van der Waals surface area contributed by atoms with Gasteiger partial charge in [-0.2, -0.15) is 5.10 Å². The number of anilines is 2. The predicted octanol–water partition coefficient (Wildman–Crippen LogP) is 3.17. The molecule has 1 fully saturated rings. The number of nitrogens with one attached hydrogen (secondary N) is 1. The minimum Gasteiger partial charge on any atom is -0.326 e. The number of hydrogen-bond donors (Lipinski definition) is 1. The van der Waals surface area contributed by atoms with Gasteiger partial charge in [0.1, 0.15) is 0 Å². The number of amides is 3. The van der Waals surface area contributed by atoms with Crippen LogP contribution in [0.3, 0.4) is 0 Å². The first kappa shape index (κ1) is 19.8. The summed E-state index contributed by atoms with van der Waals surface area (Å²) in [4.78, 5) is 38.4. The third-order valence-electron chi connectivity index (χ3n) is 5.28. The Balaban J connectivity index is 1.29. The van der Waals surface area contributed by atoms with Crippen molar-refractivity contribution in [3.05, 3.63) is 60.2 Å². The molecule has 0 atom stereocenters. The number of benzene rings is 2. The van der Waals surface area contributed by atoms with E-state index < -0.39 is 0 Å². The summed E-state index contributed by atoms with van der Waals surface area (Å²) in [5.41, 5.74) is 3.31. The van der Waals surface area contributed by atoms with E-state index in [1.807, 2.05) is 42.5 Å². The molecule has 2 aromatic rings. The van der Waals surface area contributed by atoms with Crippen molar-refractivity contribution in [3.8, 4) is 0 Å². The van der Waals surface area contributed by atoms with Gasteiger partial charge in [0.15, 0.2) is 0 Å². The topological polar surface area (TPSA) is 82.1 Å². The molecule has 0 unspecified atom stereocenters. The van der Waals surface area contributed by atoms with Crippen molar-refractivity contribution in [2.45, 2.75) is 32.1 Å². The zero-order chi connectivity index (χ0) is 20.9. The van der Waals surface area contributed by atoms with Gasteiger partial charge >= 0.3 is 0 Å². The molecule has 0 saturated carbocycles. The molecule has 0 aromatic heterocycles. The molecule has 30 heavy (non-hydrogen) atoms. The molecule has 0 bridgehead atoms. The minimum atomic E-state index is -0.236. The van der Waals surface area contributed by atoms with Gasteiger partial charge < -0.3 is 10.2 Å². The summed E-state index contributed by atoms with van der Waals surface area (Å²) in [6, 6.07) is 17.0. The Hall–Kier alpha value is -3.48. The van der Waals surface area contributed by atoms with Crippen LogP contribution in [-0.4, -0.2) is 41.5 Å². The van der Waals surface area contributed by atoms with E-state index in [2.05, 4.69) is 10.4 Å². The highest BCUT2D eigenvalue weighted by molar-refractivity contribution is 6.03. The molecule has 4 rings (SSSR count). The fraction of sp³-hybridized carbons (Fsp3) is 0.304. The first-order valence-electron chi connectivity index (χ1n) is 10.2. The molecule has 0 spiro atoms. The van der Waals surface area contributed by atoms with Gasteiger partial charge in [-0.05, 0) is 30.2 Å². The monoisotopic (exact) mass is 404 g/mol. The summed E-state index contributed by atoms with van der Waals surface area (Å²) in [5.74, 6) is -0.294. The molecule has 2 aliphatic heterocycles. The fourth-order valence-corrected chi connectivity index (χ4v) is 3.72. The van der Waals surface area contributed by atoms with Crippen LogP contribution in [0.1, 0.15) is 37.7 Å². The van der Waals surface area contributed by atoms with E-state index >= 15 is 0 Å². The Morgan fingerprint density at radius 3 is 2.57 bits per heavy atom. The Labute approximate surface area is 175 Å². The molecule has 2 aromatic carbocycles. The maximum Gasteiger partial charge on any atom is 0.243 e. The number of carbonyl (C=O) groups excluding carboxylic acids is 3. The SMILES string of the molecule is O=C(CCC(=O)N1CCC(c2ccccc2)=N1)Nc1cccc(N2CCCC2=O)c1. The zero-order valence-electron chi connectivity index (χ0n) is 16.7. The molecule has 0 aliphatic carbocycles. The van der Waals surface area contributed by atoms with Crippen molar-refractivity contribution < 1.29 is 14.4 Å². The lowest BCUT2D eigenvalue weighted by atomic mass is 10.1. The van der Waals surface area contributed by atoms with Crippen molar-refractivity contribution in [2.75, 3.05) is 23.3 Å². The molecule has 3 amide bonds. The van der Waals surface area contributed by atoms with Crippen molar-refractivity contribution in [1.82, 2.24) is 5.01 Å². The number of hydrazone groups is 1. The van der Waals surface area contributed by atoms with E-state index in [-0.39, 0.29) is 30.6 Å². The van der Waals surface area contributed by atoms with Crippen LogP contribution in [0.15, 0.2) is 59.7 Å². The number of nitrogens with zero attached hydrogens (tertiary/aromatic N) is 3. The van der Waals surface area contributed by atoms with Gasteiger partial charge in [-0.3, -0.25) is 14.4 Å². The third kappa shape index (κ3) is 4.56. The second-order valence-electron chi connectivity index (χ2n) is 7.43. The molecule has 154 valence electrons. The van der Waals surface area contributed by atoms with Crippen molar-refractivity contribution in [3.63, 3.8) is 0 Å². The summed E-state index contributed by atoms with van der Waals surface area (Å²) >= 11 is 0. The summed E-state index contributed by atoms with van der Waals surface area (Å²) in [6.07, 6.45) is 2.30. The Bertz CT molecular complexity index is 987. The largest absolute Gasteiger partial charge is 0.326 e. The van der Waals surface area contributed by atoms with Crippen molar-refractivity contribution in [1.29, 1.82) is 0 Å². The summed E-state index contributed by atoms with van der Waals surface area (Å²) in [6.45, 7) is 1.24. The number of rotatable bonds is 6. The van der Waals surface area contributed by atoms with Gasteiger partial charge in [-0.25, -0.2) is 5.01 Å². The lowest BCUT2D eigenvalue weighted by Gasteiger charge is -2.17. The fourth-order valence-electron chi connectivity index (χ4n) is 3.72. The van der Waals surface area contributed by atoms with Crippen LogP contribution in [0.25, 0.3) is 0 Å². The Morgan fingerprint density at radius 2 is 1.80 bits per heavy atom. The smallest absolute Gasteiger partial charge is 0.243 e. The molecule has 1 N–H and O–H groups in total. The highest BCUT2D eigenvalue weighted by Gasteiger charge is 2.23. The molecular formula is C23H24N4O3. The number of carbonyl (C=O) groups is 3. The summed E-state index contributed by atoms with van der Waals surface area (Å²) in [7, 11) is 0. The average molecular weight is 404 g/mol. The van der Waals surface area contributed by atoms with Gasteiger partial charge in [0.2, 0.25) is 17.7 Å². The average Bonchev–Trinajstić information content (AvgIpc) is 3.42. The van der Waals surface area contributed by atoms with E-state index in [0.29, 0.717) is 31.6 Å². The second-order valence-corrected chi connectivity index (χ2v) is 7.43. The quantitative estimate of drug-likeness (QED) is 0.803. The maximum absolute atomic E-state index is 12.4. The van der Waals surface area contributed by atoms with Crippen molar-refractivity contribution >= 4 is 34.8 Å². The van der Waals surface area contributed by atoms with Crippen LogP contribution in [-0.2, 0) is 14.4 Å². The molecule has 2 aliphatic rings. The Kier molecular flexibility index (Phi) is 5.88. The zero-order valence-corrected chi connectivity index (χ0v) is 16.7. The summed E-state index contributed by atoms with van der Waals surface area (Å²) < 4.78 is 0. The van der Waals surface area contributed by atoms with Gasteiger partial charge in [0.05, 0.1) is 12.3 Å². The van der Waals surface area contributed by atoms with Crippen LogP contribution >= 0.6 is 0 Å². The summed E-state index contributed by atoms with van der Waals surface area (Å²) in [5, 5.41) is 8.69. The van der Waals surface area contributed by atoms with Gasteiger partial charge in [0.25, 0.3) is 0 Å². The van der Waals surface area contributed by atoms with Crippen LogP contribution in [0.4, 0.5) is 11.4 Å². The highest BCUT2D eigenvalue weighted by atomic mass is 16.2. The predicted molar refractivity (Wildman–Crippen MR) is 115 cm³/mol. The van der Waals surface area contributed by atoms with Gasteiger partial charge in [-0.1, -0.05) is 36.4 Å². The van der Waals surface area contributed by atoms with E-state index in [1.165, 1.54) is 5.01 Å². The normalized spacial score (nSPS) is 16.0. The maximum atomic E-state index is 12.4. The molecule has 7 nitrogen and oxygen atoms in total. The minimum absolute atomic E-state index is 0.0817. The lowest BCUT2D eigenvalue weighted by Crippen LogP contribution is -2.25. The molecule has 0 radical (unpaired) electrons. The molecule has 1 saturated heterocycles. The van der Waals surface area contributed by atoms with E-state index in [1.54, 1.807) is 17.0 Å². The van der Waals surface area contributed by atoms with Gasteiger partial charge in [-0.15, -0.1) is 0 Å². The highest BCUT2D eigenvalue weighted by Crippen LogP contribution is 2.24. The van der Waals surface area contributed by atoms with Crippen LogP contribution < -0.4 is 10.2 Å². The van der Waals surface area contributed by atoms with Crippen molar-refractivity contribution in [2.24, 2.45) is 5.10 Å². The van der Waals surface area contributed by atoms with E-state index in [0.717, 1.165) is 23.4 Å². The standard InChI is InChI=1S/C23H24N4O3/c28-21(24-18-8-4-9-19(16-18)26-14-5-10-22(26)29)11-12-23(30)27-15-13-20(25-27)17-6-2-1-3-7-17/h1-4,6-9,16H,5,10-15H2,(H,24,28). The first-order chi connectivity index (χ1) is 14.6. The van der Waals surface area contributed by atoms with Crippen LogP contribution in [0.2, 0.25) is 0 Å². The van der Waals surface area contributed by atoms with Gasteiger partial charge in [0, 0.05) is 43.6 Å². The molecule has 2 heterocycles.